The molecule has 104 valence electrons. The lowest BCUT2D eigenvalue weighted by molar-refractivity contribution is 0.0758. The van der Waals surface area contributed by atoms with Crippen LogP contribution in [-0.2, 0) is 0 Å². The van der Waals surface area contributed by atoms with Gasteiger partial charge in [0.05, 0.1) is 5.56 Å². The SMILES string of the molecule is CCCC1CCCN(C(=O)c2cccnc2Br)CC1. The molecule has 1 aromatic rings. The zero-order valence-electron chi connectivity index (χ0n) is 11.4. The van der Waals surface area contributed by atoms with Crippen LogP contribution in [0.5, 0.6) is 0 Å². The second-order valence-corrected chi connectivity index (χ2v) is 5.97. The minimum absolute atomic E-state index is 0.108. The Morgan fingerprint density at radius 3 is 3.05 bits per heavy atom. The molecule has 4 heteroatoms. The molecule has 3 nitrogen and oxygen atoms in total. The molecular weight excluding hydrogens is 304 g/mol. The highest BCUT2D eigenvalue weighted by molar-refractivity contribution is 9.10. The van der Waals surface area contributed by atoms with Crippen molar-refractivity contribution < 1.29 is 4.79 Å². The number of nitrogens with zero attached hydrogens (tertiary/aromatic N) is 2. The van der Waals surface area contributed by atoms with Crippen LogP contribution in [0.4, 0.5) is 0 Å². The zero-order chi connectivity index (χ0) is 13.7. The number of carbonyl (C=O) groups is 1. The first-order valence-corrected chi connectivity index (χ1v) is 7.91. The van der Waals surface area contributed by atoms with Gasteiger partial charge in [0, 0.05) is 19.3 Å². The van der Waals surface area contributed by atoms with E-state index in [9.17, 15) is 4.79 Å². The summed E-state index contributed by atoms with van der Waals surface area (Å²) in [7, 11) is 0. The van der Waals surface area contributed by atoms with E-state index in [1.54, 1.807) is 6.20 Å². The van der Waals surface area contributed by atoms with Crippen molar-refractivity contribution in [3.8, 4) is 0 Å². The quantitative estimate of drug-likeness (QED) is 0.790. The number of hydrogen-bond donors (Lipinski definition) is 0. The maximum atomic E-state index is 12.5. The lowest BCUT2D eigenvalue weighted by atomic mass is 9.96. The van der Waals surface area contributed by atoms with Gasteiger partial charge in [-0.2, -0.15) is 0 Å². The van der Waals surface area contributed by atoms with Gasteiger partial charge in [-0.3, -0.25) is 4.79 Å². The number of amides is 1. The van der Waals surface area contributed by atoms with E-state index in [4.69, 9.17) is 0 Å². The third kappa shape index (κ3) is 3.78. The number of rotatable bonds is 3. The van der Waals surface area contributed by atoms with Gasteiger partial charge in [-0.05, 0) is 53.2 Å². The first kappa shape index (κ1) is 14.5. The predicted molar refractivity (Wildman–Crippen MR) is 80.1 cm³/mol. The molecule has 0 saturated carbocycles. The summed E-state index contributed by atoms with van der Waals surface area (Å²) in [6.45, 7) is 3.99. The molecule has 2 rings (SSSR count). The van der Waals surface area contributed by atoms with Gasteiger partial charge in [0.15, 0.2) is 0 Å². The standard InChI is InChI=1S/C15H21BrN2O/c1-2-5-12-6-4-10-18(11-8-12)15(19)13-7-3-9-17-14(13)16/h3,7,9,12H,2,4-6,8,10-11H2,1H3. The van der Waals surface area contributed by atoms with Crippen molar-refractivity contribution in [2.45, 2.75) is 39.0 Å². The average molecular weight is 325 g/mol. The first-order valence-electron chi connectivity index (χ1n) is 7.12. The smallest absolute Gasteiger partial charge is 0.256 e. The predicted octanol–water partition coefficient (Wildman–Crippen LogP) is 3.89. The van der Waals surface area contributed by atoms with E-state index in [0.29, 0.717) is 10.2 Å². The Labute approximate surface area is 123 Å². The topological polar surface area (TPSA) is 33.2 Å². The van der Waals surface area contributed by atoms with Crippen LogP contribution in [0.1, 0.15) is 49.4 Å². The molecule has 0 spiro atoms. The second-order valence-electron chi connectivity index (χ2n) is 5.22. The third-order valence-corrected chi connectivity index (χ3v) is 4.45. The lowest BCUT2D eigenvalue weighted by Crippen LogP contribution is -2.32. The van der Waals surface area contributed by atoms with Gasteiger partial charge in [-0.25, -0.2) is 4.98 Å². The van der Waals surface area contributed by atoms with E-state index in [0.717, 1.165) is 31.8 Å². The summed E-state index contributed by atoms with van der Waals surface area (Å²) >= 11 is 3.36. The highest BCUT2D eigenvalue weighted by Gasteiger charge is 2.22. The van der Waals surface area contributed by atoms with Crippen molar-refractivity contribution in [2.75, 3.05) is 13.1 Å². The number of aromatic nitrogens is 1. The largest absolute Gasteiger partial charge is 0.339 e. The molecule has 0 bridgehead atoms. The van der Waals surface area contributed by atoms with Crippen LogP contribution >= 0.6 is 15.9 Å². The van der Waals surface area contributed by atoms with Crippen LogP contribution in [-0.4, -0.2) is 28.9 Å². The molecule has 2 heterocycles. The Morgan fingerprint density at radius 2 is 2.32 bits per heavy atom. The van der Waals surface area contributed by atoms with Gasteiger partial charge in [-0.15, -0.1) is 0 Å². The fourth-order valence-corrected chi connectivity index (χ4v) is 3.20. The van der Waals surface area contributed by atoms with Crippen molar-refractivity contribution in [1.29, 1.82) is 0 Å². The molecule has 1 aliphatic heterocycles. The molecule has 0 aliphatic carbocycles. The first-order chi connectivity index (χ1) is 9.22. The summed E-state index contributed by atoms with van der Waals surface area (Å²) in [4.78, 5) is 18.6. The van der Waals surface area contributed by atoms with E-state index in [1.165, 1.54) is 19.3 Å². The van der Waals surface area contributed by atoms with Gasteiger partial charge >= 0.3 is 0 Å². The summed E-state index contributed by atoms with van der Waals surface area (Å²) in [6, 6.07) is 3.66. The van der Waals surface area contributed by atoms with Crippen molar-refractivity contribution in [3.63, 3.8) is 0 Å². The fourth-order valence-electron chi connectivity index (χ4n) is 2.78. The average Bonchev–Trinajstić information content (AvgIpc) is 2.65. The molecule has 1 unspecified atom stereocenters. The highest BCUT2D eigenvalue weighted by Crippen LogP contribution is 2.24. The van der Waals surface area contributed by atoms with Crippen molar-refractivity contribution in [2.24, 2.45) is 5.92 Å². The molecule has 0 radical (unpaired) electrons. The Morgan fingerprint density at radius 1 is 1.47 bits per heavy atom. The lowest BCUT2D eigenvalue weighted by Gasteiger charge is -2.21. The van der Waals surface area contributed by atoms with Crippen molar-refractivity contribution in [3.05, 3.63) is 28.5 Å². The number of carbonyl (C=O) groups excluding carboxylic acids is 1. The molecule has 0 N–H and O–H groups in total. The number of hydrogen-bond acceptors (Lipinski definition) is 2. The maximum Gasteiger partial charge on any atom is 0.256 e. The normalized spacial score (nSPS) is 20.1. The van der Waals surface area contributed by atoms with Crippen LogP contribution in [0.3, 0.4) is 0 Å². The second kappa shape index (κ2) is 7.04. The molecule has 1 amide bonds. The summed E-state index contributed by atoms with van der Waals surface area (Å²) in [6.07, 6.45) is 7.74. The monoisotopic (exact) mass is 324 g/mol. The Bertz CT molecular complexity index is 436. The van der Waals surface area contributed by atoms with Crippen LogP contribution < -0.4 is 0 Å². The molecule has 1 saturated heterocycles. The van der Waals surface area contributed by atoms with Crippen LogP contribution in [0.25, 0.3) is 0 Å². The third-order valence-electron chi connectivity index (χ3n) is 3.82. The van der Waals surface area contributed by atoms with Gasteiger partial charge in [0.2, 0.25) is 0 Å². The van der Waals surface area contributed by atoms with Crippen molar-refractivity contribution >= 4 is 21.8 Å². The van der Waals surface area contributed by atoms with E-state index >= 15 is 0 Å². The van der Waals surface area contributed by atoms with Crippen molar-refractivity contribution in [1.82, 2.24) is 9.88 Å². The number of halogens is 1. The van der Waals surface area contributed by atoms with E-state index in [1.807, 2.05) is 17.0 Å². The Balaban J connectivity index is 2.02. The van der Waals surface area contributed by atoms with E-state index in [-0.39, 0.29) is 5.91 Å². The van der Waals surface area contributed by atoms with E-state index < -0.39 is 0 Å². The zero-order valence-corrected chi connectivity index (χ0v) is 13.0. The van der Waals surface area contributed by atoms with Crippen LogP contribution in [0.15, 0.2) is 22.9 Å². The summed E-state index contributed by atoms with van der Waals surface area (Å²) < 4.78 is 0.648. The molecule has 19 heavy (non-hydrogen) atoms. The van der Waals surface area contributed by atoms with E-state index in [2.05, 4.69) is 27.8 Å². The fraction of sp³-hybridized carbons (Fsp3) is 0.600. The maximum absolute atomic E-state index is 12.5. The van der Waals surface area contributed by atoms with Gasteiger partial charge < -0.3 is 4.90 Å². The van der Waals surface area contributed by atoms with Gasteiger partial charge in [0.1, 0.15) is 4.60 Å². The molecule has 1 aliphatic rings. The highest BCUT2D eigenvalue weighted by atomic mass is 79.9. The number of pyridine rings is 1. The van der Waals surface area contributed by atoms with Gasteiger partial charge in [0.25, 0.3) is 5.91 Å². The molecule has 1 atom stereocenters. The minimum atomic E-state index is 0.108. The molecular formula is C15H21BrN2O. The summed E-state index contributed by atoms with van der Waals surface area (Å²) in [5.74, 6) is 0.900. The Kier molecular flexibility index (Phi) is 5.37. The minimum Gasteiger partial charge on any atom is -0.339 e. The summed E-state index contributed by atoms with van der Waals surface area (Å²) in [5, 5.41) is 0. The summed E-state index contributed by atoms with van der Waals surface area (Å²) in [5.41, 5.74) is 0.677. The molecule has 1 fully saturated rings. The van der Waals surface area contributed by atoms with Crippen LogP contribution in [0.2, 0.25) is 0 Å². The number of likely N-dealkylation sites (tertiary alicyclic amines) is 1. The Hall–Kier alpha value is -0.900. The van der Waals surface area contributed by atoms with Crippen LogP contribution in [0, 0.1) is 5.92 Å². The molecule has 1 aromatic heterocycles. The molecule has 0 aromatic carbocycles. The van der Waals surface area contributed by atoms with Gasteiger partial charge in [-0.1, -0.05) is 19.8 Å².